The van der Waals surface area contributed by atoms with Crippen LogP contribution in [-0.2, 0) is 0 Å². The minimum Gasteiger partial charge on any atom is -0.277 e. The van der Waals surface area contributed by atoms with Crippen LogP contribution in [0.1, 0.15) is 13.8 Å². The number of benzene rings is 2. The summed E-state index contributed by atoms with van der Waals surface area (Å²) in [6, 6.07) is 17.7. The van der Waals surface area contributed by atoms with Gasteiger partial charge in [-0.25, -0.2) is 4.98 Å². The molecule has 0 saturated heterocycles. The highest BCUT2D eigenvalue weighted by Crippen LogP contribution is 2.27. The fourth-order valence-electron chi connectivity index (χ4n) is 1.90. The van der Waals surface area contributed by atoms with Gasteiger partial charge in [0.1, 0.15) is 0 Å². The lowest BCUT2D eigenvalue weighted by Crippen LogP contribution is -2.06. The Balaban J connectivity index is 1.78. The monoisotopic (exact) mass is 323 g/mol. The number of rotatable bonds is 4. The van der Waals surface area contributed by atoms with Crippen LogP contribution in [0.3, 0.4) is 0 Å². The van der Waals surface area contributed by atoms with Crippen molar-refractivity contribution < 1.29 is 0 Å². The first-order valence-corrected chi connectivity index (χ1v) is 8.20. The van der Waals surface area contributed by atoms with Gasteiger partial charge < -0.3 is 0 Å². The van der Waals surface area contributed by atoms with Crippen molar-refractivity contribution in [3.63, 3.8) is 0 Å². The van der Waals surface area contributed by atoms with Gasteiger partial charge in [-0.05, 0) is 24.3 Å². The largest absolute Gasteiger partial charge is 0.277 e. The van der Waals surface area contributed by atoms with Gasteiger partial charge >= 0.3 is 0 Å². The Kier molecular flexibility index (Phi) is 4.73. The quantitative estimate of drug-likeness (QED) is 0.300. The zero-order valence-corrected chi connectivity index (χ0v) is 13.8. The number of aromatic nitrogens is 1. The molecule has 0 radical (unpaired) electrons. The first-order valence-electron chi connectivity index (χ1n) is 7.38. The first-order chi connectivity index (χ1) is 11.2. The van der Waals surface area contributed by atoms with E-state index in [4.69, 9.17) is 0 Å². The van der Waals surface area contributed by atoms with E-state index in [0.29, 0.717) is 11.0 Å². The van der Waals surface area contributed by atoms with Gasteiger partial charge in [-0.3, -0.25) is 5.43 Å². The molecular weight excluding hydrogens is 306 g/mol. The molecule has 0 spiro atoms. The first kappa shape index (κ1) is 15.3. The predicted octanol–water partition coefficient (Wildman–Crippen LogP) is 5.46. The molecule has 23 heavy (non-hydrogen) atoms. The second-order valence-corrected chi connectivity index (χ2v) is 6.28. The molecule has 0 fully saturated rings. The standard InChI is InChI=1S/C17H17N5S/c1-12(2)16(20-19-13-8-4-3-5-9-13)21-22-17-18-14-10-6-7-11-15(14)23-17/h3-12,19H,1-2H3. The molecule has 2 aromatic carbocycles. The molecule has 0 aliphatic rings. The van der Waals surface area contributed by atoms with Crippen LogP contribution < -0.4 is 5.43 Å². The van der Waals surface area contributed by atoms with Gasteiger partial charge in [0.25, 0.3) is 0 Å². The summed E-state index contributed by atoms with van der Waals surface area (Å²) in [6.45, 7) is 4.06. The van der Waals surface area contributed by atoms with E-state index >= 15 is 0 Å². The molecule has 3 aromatic rings. The minimum atomic E-state index is 0.157. The molecule has 1 heterocycles. The summed E-state index contributed by atoms with van der Waals surface area (Å²) in [7, 11) is 0. The van der Waals surface area contributed by atoms with Crippen LogP contribution in [-0.4, -0.2) is 10.8 Å². The number of para-hydroxylation sites is 2. The van der Waals surface area contributed by atoms with Crippen molar-refractivity contribution in [2.75, 3.05) is 5.43 Å². The number of anilines is 1. The molecule has 116 valence electrons. The molecule has 1 N–H and O–H groups in total. The highest BCUT2D eigenvalue weighted by atomic mass is 32.1. The molecule has 0 aliphatic heterocycles. The van der Waals surface area contributed by atoms with Crippen molar-refractivity contribution >= 4 is 38.2 Å². The Morgan fingerprint density at radius 1 is 1.04 bits per heavy atom. The zero-order chi connectivity index (χ0) is 16.1. The second-order valence-electron chi connectivity index (χ2n) is 5.27. The Bertz CT molecular complexity index is 803. The summed E-state index contributed by atoms with van der Waals surface area (Å²) >= 11 is 1.52. The number of hydrogen-bond donors (Lipinski definition) is 1. The highest BCUT2D eigenvalue weighted by molar-refractivity contribution is 7.21. The number of hydrogen-bond acceptors (Lipinski definition) is 5. The number of azo groups is 1. The fraction of sp³-hybridized carbons (Fsp3) is 0.176. The number of nitrogens with one attached hydrogen (secondary N) is 1. The topological polar surface area (TPSA) is 62.0 Å². The van der Waals surface area contributed by atoms with Gasteiger partial charge in [0.05, 0.1) is 15.9 Å². The Morgan fingerprint density at radius 3 is 2.52 bits per heavy atom. The summed E-state index contributed by atoms with van der Waals surface area (Å²) in [5.74, 6) is 0.789. The van der Waals surface area contributed by atoms with Crippen LogP contribution in [0.2, 0.25) is 0 Å². The predicted molar refractivity (Wildman–Crippen MR) is 96.5 cm³/mol. The summed E-state index contributed by atoms with van der Waals surface area (Å²) in [6.07, 6.45) is 0. The number of amidine groups is 1. The number of fused-ring (bicyclic) bond motifs is 1. The van der Waals surface area contributed by atoms with E-state index in [9.17, 15) is 0 Å². The smallest absolute Gasteiger partial charge is 0.231 e. The third-order valence-corrected chi connectivity index (χ3v) is 4.03. The lowest BCUT2D eigenvalue weighted by molar-refractivity contribution is 0.858. The number of hydrazone groups is 1. The van der Waals surface area contributed by atoms with Crippen molar-refractivity contribution in [1.82, 2.24) is 4.98 Å². The highest BCUT2D eigenvalue weighted by Gasteiger charge is 2.06. The number of thiazole rings is 1. The van der Waals surface area contributed by atoms with Crippen molar-refractivity contribution in [1.29, 1.82) is 0 Å². The number of nitrogens with zero attached hydrogens (tertiary/aromatic N) is 4. The molecule has 3 rings (SSSR count). The summed E-state index contributed by atoms with van der Waals surface area (Å²) in [4.78, 5) is 4.44. The Labute approximate surface area is 138 Å². The van der Waals surface area contributed by atoms with Crippen molar-refractivity contribution in [3.8, 4) is 0 Å². The van der Waals surface area contributed by atoms with Crippen molar-refractivity contribution in [3.05, 3.63) is 54.6 Å². The van der Waals surface area contributed by atoms with Gasteiger partial charge in [0.15, 0.2) is 5.84 Å². The fourth-order valence-corrected chi connectivity index (χ4v) is 2.69. The van der Waals surface area contributed by atoms with Crippen molar-refractivity contribution in [2.45, 2.75) is 13.8 Å². The molecule has 0 aliphatic carbocycles. The summed E-state index contributed by atoms with van der Waals surface area (Å²) < 4.78 is 1.10. The van der Waals surface area contributed by atoms with Crippen LogP contribution in [0.4, 0.5) is 10.8 Å². The molecule has 5 nitrogen and oxygen atoms in total. The molecular formula is C17H17N5S. The average Bonchev–Trinajstić information content (AvgIpc) is 2.98. The van der Waals surface area contributed by atoms with Gasteiger partial charge in [0.2, 0.25) is 5.13 Å². The summed E-state index contributed by atoms with van der Waals surface area (Å²) in [5, 5.41) is 13.5. The molecule has 0 unspecified atom stereocenters. The minimum absolute atomic E-state index is 0.157. The Hall–Kier alpha value is -2.60. The van der Waals surface area contributed by atoms with E-state index < -0.39 is 0 Å². The van der Waals surface area contributed by atoms with Gasteiger partial charge in [-0.2, -0.15) is 5.10 Å². The van der Waals surface area contributed by atoms with E-state index in [1.165, 1.54) is 11.3 Å². The van der Waals surface area contributed by atoms with Crippen LogP contribution in [0.15, 0.2) is 69.9 Å². The third kappa shape index (κ3) is 3.98. The van der Waals surface area contributed by atoms with Crippen LogP contribution in [0.5, 0.6) is 0 Å². The normalized spacial score (nSPS) is 12.4. The maximum atomic E-state index is 4.44. The van der Waals surface area contributed by atoms with Gasteiger partial charge in [-0.15, -0.1) is 10.2 Å². The lowest BCUT2D eigenvalue weighted by Gasteiger charge is -2.04. The van der Waals surface area contributed by atoms with Gasteiger partial charge in [-0.1, -0.05) is 55.5 Å². The second kappa shape index (κ2) is 7.11. The SMILES string of the molecule is CC(C)C(N=Nc1nc2ccccc2s1)=NNc1ccccc1. The molecule has 0 atom stereocenters. The van der Waals surface area contributed by atoms with E-state index in [1.807, 2.05) is 68.4 Å². The maximum absolute atomic E-state index is 4.44. The Morgan fingerprint density at radius 2 is 1.78 bits per heavy atom. The van der Waals surface area contributed by atoms with Crippen LogP contribution >= 0.6 is 11.3 Å². The zero-order valence-electron chi connectivity index (χ0n) is 13.0. The van der Waals surface area contributed by atoms with Gasteiger partial charge in [0, 0.05) is 5.92 Å². The molecule has 1 aromatic heterocycles. The van der Waals surface area contributed by atoms with Crippen molar-refractivity contribution in [2.24, 2.45) is 21.2 Å². The van der Waals surface area contributed by atoms with Crippen LogP contribution in [0, 0.1) is 5.92 Å². The van der Waals surface area contributed by atoms with Crippen LogP contribution in [0.25, 0.3) is 10.2 Å². The molecule has 0 amide bonds. The lowest BCUT2D eigenvalue weighted by atomic mass is 10.2. The van der Waals surface area contributed by atoms with E-state index in [2.05, 4.69) is 25.7 Å². The molecule has 0 bridgehead atoms. The third-order valence-electron chi connectivity index (χ3n) is 3.11. The summed E-state index contributed by atoms with van der Waals surface area (Å²) in [5.41, 5.74) is 4.87. The maximum Gasteiger partial charge on any atom is 0.231 e. The van der Waals surface area contributed by atoms with E-state index in [1.54, 1.807) is 0 Å². The molecule has 6 heteroatoms. The van der Waals surface area contributed by atoms with E-state index in [0.717, 1.165) is 15.9 Å². The van der Waals surface area contributed by atoms with E-state index in [-0.39, 0.29) is 5.92 Å². The molecule has 0 saturated carbocycles. The average molecular weight is 323 g/mol.